The molecule has 82 valence electrons. The molecule has 0 saturated heterocycles. The van der Waals surface area contributed by atoms with Gasteiger partial charge in [-0.3, -0.25) is 4.79 Å². The predicted octanol–water partition coefficient (Wildman–Crippen LogP) is 0.705. The Bertz CT molecular complexity index is 355. The number of carbonyl (C=O) groups is 1. The van der Waals surface area contributed by atoms with Gasteiger partial charge in [0, 0.05) is 0 Å². The zero-order valence-electron chi connectivity index (χ0n) is 8.20. The summed E-state index contributed by atoms with van der Waals surface area (Å²) in [4.78, 5) is 10.5. The molecular formula is C10H13ClN2O2. The normalized spacial score (nSPS) is 10.0. The maximum Gasteiger partial charge on any atom is 0.255 e. The van der Waals surface area contributed by atoms with Crippen LogP contribution in [0.3, 0.4) is 0 Å². The molecule has 4 nitrogen and oxygen atoms in total. The highest BCUT2D eigenvalue weighted by Crippen LogP contribution is 2.25. The Morgan fingerprint density at radius 2 is 2.20 bits per heavy atom. The first-order valence-electron chi connectivity index (χ1n) is 4.53. The maximum atomic E-state index is 10.5. The topological polar surface area (TPSA) is 78.3 Å². The van der Waals surface area contributed by atoms with E-state index < -0.39 is 5.91 Å². The van der Waals surface area contributed by atoms with Gasteiger partial charge in [0.25, 0.3) is 5.91 Å². The summed E-state index contributed by atoms with van der Waals surface area (Å²) in [6, 6.07) is 5.33. The number of hydrogen-bond donors (Lipinski definition) is 2. The summed E-state index contributed by atoms with van der Waals surface area (Å²) in [6.45, 7) is 0.397. The molecular weight excluding hydrogens is 216 g/mol. The van der Waals surface area contributed by atoms with Crippen LogP contribution in [0, 0.1) is 0 Å². The lowest BCUT2D eigenvalue weighted by molar-refractivity contribution is -0.119. The highest BCUT2D eigenvalue weighted by atomic mass is 35.5. The second kappa shape index (κ2) is 5.58. The minimum Gasteiger partial charge on any atom is -0.482 e. The summed E-state index contributed by atoms with van der Waals surface area (Å²) in [7, 11) is 0. The number of benzene rings is 1. The number of nitrogens with two attached hydrogens (primary N) is 2. The smallest absolute Gasteiger partial charge is 0.255 e. The number of halogens is 1. The van der Waals surface area contributed by atoms with Crippen LogP contribution < -0.4 is 16.2 Å². The van der Waals surface area contributed by atoms with E-state index in [4.69, 9.17) is 27.8 Å². The molecule has 0 aromatic heterocycles. The zero-order valence-corrected chi connectivity index (χ0v) is 8.96. The molecule has 1 aromatic rings. The first kappa shape index (κ1) is 11.8. The molecule has 0 unspecified atom stereocenters. The number of carbonyl (C=O) groups excluding carboxylic acids is 1. The van der Waals surface area contributed by atoms with E-state index in [0.717, 1.165) is 12.0 Å². The average molecular weight is 229 g/mol. The number of ether oxygens (including phenoxy) is 1. The van der Waals surface area contributed by atoms with Crippen LogP contribution in [0.15, 0.2) is 18.2 Å². The van der Waals surface area contributed by atoms with Gasteiger partial charge in [-0.2, -0.15) is 0 Å². The fourth-order valence-corrected chi connectivity index (χ4v) is 1.39. The van der Waals surface area contributed by atoms with Gasteiger partial charge in [-0.25, -0.2) is 0 Å². The molecule has 1 aromatic carbocycles. The number of hydrogen-bond acceptors (Lipinski definition) is 3. The van der Waals surface area contributed by atoms with Gasteiger partial charge in [0.1, 0.15) is 5.75 Å². The van der Waals surface area contributed by atoms with Crippen LogP contribution in [0.25, 0.3) is 0 Å². The lowest BCUT2D eigenvalue weighted by atomic mass is 10.1. The molecule has 0 spiro atoms. The van der Waals surface area contributed by atoms with Crippen LogP contribution in [-0.4, -0.2) is 19.1 Å². The lowest BCUT2D eigenvalue weighted by Gasteiger charge is -2.07. The Balaban J connectivity index is 2.70. The SMILES string of the molecule is NCCc1ccc(OCC(N)=O)c(Cl)c1. The predicted molar refractivity (Wildman–Crippen MR) is 58.9 cm³/mol. The molecule has 0 atom stereocenters. The fraction of sp³-hybridized carbons (Fsp3) is 0.300. The van der Waals surface area contributed by atoms with Crippen molar-refractivity contribution in [3.05, 3.63) is 28.8 Å². The van der Waals surface area contributed by atoms with Gasteiger partial charge >= 0.3 is 0 Å². The maximum absolute atomic E-state index is 10.5. The van der Waals surface area contributed by atoms with Crippen LogP contribution in [0.2, 0.25) is 5.02 Å². The second-order valence-corrected chi connectivity index (χ2v) is 3.47. The first-order chi connectivity index (χ1) is 7.13. The van der Waals surface area contributed by atoms with Crippen molar-refractivity contribution in [2.45, 2.75) is 6.42 Å². The van der Waals surface area contributed by atoms with Crippen molar-refractivity contribution in [3.8, 4) is 5.75 Å². The van der Waals surface area contributed by atoms with E-state index >= 15 is 0 Å². The van der Waals surface area contributed by atoms with Gasteiger partial charge in [-0.05, 0) is 30.7 Å². The minimum atomic E-state index is -0.530. The third-order valence-corrected chi connectivity index (χ3v) is 2.09. The largest absolute Gasteiger partial charge is 0.482 e. The Morgan fingerprint density at radius 1 is 1.47 bits per heavy atom. The van der Waals surface area contributed by atoms with E-state index in [1.54, 1.807) is 12.1 Å². The standard InChI is InChI=1S/C10H13ClN2O2/c11-8-5-7(3-4-12)1-2-9(8)15-6-10(13)14/h1-2,5H,3-4,6,12H2,(H2,13,14). The minimum absolute atomic E-state index is 0.171. The van der Waals surface area contributed by atoms with Gasteiger partial charge < -0.3 is 16.2 Å². The second-order valence-electron chi connectivity index (χ2n) is 3.06. The third-order valence-electron chi connectivity index (χ3n) is 1.80. The highest BCUT2D eigenvalue weighted by molar-refractivity contribution is 6.32. The fourth-order valence-electron chi connectivity index (χ4n) is 1.13. The molecule has 5 heteroatoms. The summed E-state index contributed by atoms with van der Waals surface area (Å²) < 4.78 is 5.09. The van der Waals surface area contributed by atoms with Gasteiger partial charge in [0.2, 0.25) is 0 Å². The number of amides is 1. The number of rotatable bonds is 5. The Labute approximate surface area is 93.1 Å². The number of primary amides is 1. The van der Waals surface area contributed by atoms with Crippen molar-refractivity contribution in [1.29, 1.82) is 0 Å². The molecule has 0 heterocycles. The van der Waals surface area contributed by atoms with Gasteiger partial charge in [-0.1, -0.05) is 17.7 Å². The summed E-state index contributed by atoms with van der Waals surface area (Å²) in [5, 5.41) is 0.460. The molecule has 0 radical (unpaired) electrons. The zero-order chi connectivity index (χ0) is 11.3. The molecule has 0 aliphatic carbocycles. The third kappa shape index (κ3) is 3.77. The summed E-state index contributed by atoms with van der Waals surface area (Å²) in [6.07, 6.45) is 0.760. The van der Waals surface area contributed by atoms with E-state index in [9.17, 15) is 4.79 Å². The van der Waals surface area contributed by atoms with Crippen LogP contribution in [-0.2, 0) is 11.2 Å². The van der Waals surface area contributed by atoms with Crippen molar-refractivity contribution < 1.29 is 9.53 Å². The van der Waals surface area contributed by atoms with Crippen LogP contribution in [0.5, 0.6) is 5.75 Å². The molecule has 1 rings (SSSR count). The van der Waals surface area contributed by atoms with E-state index in [1.807, 2.05) is 6.07 Å². The van der Waals surface area contributed by atoms with E-state index in [0.29, 0.717) is 17.3 Å². The van der Waals surface area contributed by atoms with Gasteiger partial charge in [0.15, 0.2) is 6.61 Å². The van der Waals surface area contributed by atoms with Crippen molar-refractivity contribution in [2.75, 3.05) is 13.2 Å². The molecule has 4 N–H and O–H groups in total. The summed E-state index contributed by atoms with van der Waals surface area (Å²) in [5.74, 6) is -0.0756. The highest BCUT2D eigenvalue weighted by Gasteiger charge is 2.04. The van der Waals surface area contributed by atoms with Crippen molar-refractivity contribution in [3.63, 3.8) is 0 Å². The monoisotopic (exact) mass is 228 g/mol. The Hall–Kier alpha value is -1.26. The molecule has 1 amide bonds. The Kier molecular flexibility index (Phi) is 4.39. The first-order valence-corrected chi connectivity index (χ1v) is 4.91. The lowest BCUT2D eigenvalue weighted by Crippen LogP contribution is -2.20. The van der Waals surface area contributed by atoms with E-state index in [-0.39, 0.29) is 6.61 Å². The molecule has 0 bridgehead atoms. The van der Waals surface area contributed by atoms with Gasteiger partial charge in [-0.15, -0.1) is 0 Å². The van der Waals surface area contributed by atoms with Crippen LogP contribution >= 0.6 is 11.6 Å². The molecule has 0 aliphatic heterocycles. The molecule has 0 saturated carbocycles. The van der Waals surface area contributed by atoms with E-state index in [1.165, 1.54) is 0 Å². The van der Waals surface area contributed by atoms with Crippen LogP contribution in [0.1, 0.15) is 5.56 Å². The summed E-state index contributed by atoms with van der Waals surface area (Å²) >= 11 is 5.93. The van der Waals surface area contributed by atoms with Crippen LogP contribution in [0.4, 0.5) is 0 Å². The molecule has 0 fully saturated rings. The van der Waals surface area contributed by atoms with Crippen molar-refractivity contribution in [2.24, 2.45) is 11.5 Å². The Morgan fingerprint density at radius 3 is 2.73 bits per heavy atom. The molecule has 15 heavy (non-hydrogen) atoms. The quantitative estimate of drug-likeness (QED) is 0.779. The van der Waals surface area contributed by atoms with Crippen molar-refractivity contribution in [1.82, 2.24) is 0 Å². The molecule has 0 aliphatic rings. The summed E-state index contributed by atoms with van der Waals surface area (Å²) in [5.41, 5.74) is 11.4. The average Bonchev–Trinajstić information content (AvgIpc) is 2.17. The van der Waals surface area contributed by atoms with Gasteiger partial charge in [0.05, 0.1) is 5.02 Å². The van der Waals surface area contributed by atoms with E-state index in [2.05, 4.69) is 0 Å². The van der Waals surface area contributed by atoms with Crippen molar-refractivity contribution >= 4 is 17.5 Å².